The number of hydrogen-bond donors (Lipinski definition) is 1. The highest BCUT2D eigenvalue weighted by atomic mass is 16.2. The zero-order valence-electron chi connectivity index (χ0n) is 7.86. The van der Waals surface area contributed by atoms with E-state index >= 15 is 0 Å². The number of carbonyl (C=O) groups is 1. The summed E-state index contributed by atoms with van der Waals surface area (Å²) in [7, 11) is 1.54. The molecule has 0 heterocycles. The Morgan fingerprint density at radius 3 is 3.00 bits per heavy atom. The summed E-state index contributed by atoms with van der Waals surface area (Å²) in [5.74, 6) is 0. The van der Waals surface area contributed by atoms with Crippen molar-refractivity contribution in [1.82, 2.24) is 4.90 Å². The molecule has 4 heteroatoms. The maximum absolute atomic E-state index is 10.7. The first-order valence-corrected chi connectivity index (χ1v) is 4.13. The normalized spacial score (nSPS) is 17.8. The minimum atomic E-state index is -0.558. The molecule has 1 rings (SSSR count). The molecule has 0 aromatic carbocycles. The average molecular weight is 191 g/mol. The van der Waals surface area contributed by atoms with Gasteiger partial charge in [-0.3, -0.25) is 4.79 Å². The zero-order valence-corrected chi connectivity index (χ0v) is 7.86. The first-order valence-electron chi connectivity index (χ1n) is 4.13. The summed E-state index contributed by atoms with van der Waals surface area (Å²) in [6, 6.07) is -0.558. The van der Waals surface area contributed by atoms with Crippen molar-refractivity contribution >= 4 is 12.3 Å². The van der Waals surface area contributed by atoms with Gasteiger partial charge in [-0.15, -0.1) is 0 Å². The number of amides is 2. The second-order valence-corrected chi connectivity index (χ2v) is 2.92. The summed E-state index contributed by atoms with van der Waals surface area (Å²) in [4.78, 5) is 22.5. The largest absolute Gasteiger partial charge is 0.351 e. The Balaban J connectivity index is 2.87. The number of urea groups is 1. The predicted molar refractivity (Wildman–Crippen MR) is 53.0 cm³/mol. The fourth-order valence-electron chi connectivity index (χ4n) is 1.10. The van der Waals surface area contributed by atoms with Crippen LogP contribution in [0.1, 0.15) is 6.42 Å². The molecule has 2 N–H and O–H groups in total. The van der Waals surface area contributed by atoms with Crippen molar-refractivity contribution in [1.29, 1.82) is 0 Å². The number of primary amides is 1. The van der Waals surface area contributed by atoms with E-state index in [1.807, 2.05) is 12.4 Å². The van der Waals surface area contributed by atoms with Crippen LogP contribution in [-0.4, -0.2) is 24.3 Å². The lowest BCUT2D eigenvalue weighted by Gasteiger charge is -2.13. The van der Waals surface area contributed by atoms with E-state index < -0.39 is 6.03 Å². The number of rotatable bonds is 2. The van der Waals surface area contributed by atoms with Crippen molar-refractivity contribution < 1.29 is 9.59 Å². The first-order chi connectivity index (χ1) is 6.65. The van der Waals surface area contributed by atoms with Crippen LogP contribution >= 0.6 is 0 Å². The maximum Gasteiger partial charge on any atom is 0.318 e. The van der Waals surface area contributed by atoms with Crippen LogP contribution in [0.4, 0.5) is 4.79 Å². The Bertz CT molecular complexity index is 340. The number of carbonyl (C=O) groups excluding carboxylic acids is 2. The monoisotopic (exact) mass is 191 g/mol. The van der Waals surface area contributed by atoms with Gasteiger partial charge < -0.3 is 10.6 Å². The highest BCUT2D eigenvalue weighted by Crippen LogP contribution is 2.17. The molecule has 1 aliphatic rings. The topological polar surface area (TPSA) is 63.4 Å². The average Bonchev–Trinajstić information content (AvgIpc) is 2.18. The van der Waals surface area contributed by atoms with E-state index in [1.54, 1.807) is 18.4 Å². The van der Waals surface area contributed by atoms with Gasteiger partial charge in [-0.25, -0.2) is 4.79 Å². The zero-order chi connectivity index (χ0) is 10.6. The summed E-state index contributed by atoms with van der Waals surface area (Å²) in [6.45, 7) is 0. The van der Waals surface area contributed by atoms with E-state index in [-0.39, 0.29) is 0 Å². The van der Waals surface area contributed by atoms with Crippen molar-refractivity contribution in [2.24, 2.45) is 5.73 Å². The van der Waals surface area contributed by atoms with Crippen LogP contribution in [0.5, 0.6) is 0 Å². The second kappa shape index (κ2) is 4.41. The Morgan fingerprint density at radius 1 is 1.71 bits per heavy atom. The molecule has 1 radical (unpaired) electrons. The van der Waals surface area contributed by atoms with Gasteiger partial charge in [0.15, 0.2) is 0 Å². The van der Waals surface area contributed by atoms with Crippen molar-refractivity contribution in [2.45, 2.75) is 6.42 Å². The van der Waals surface area contributed by atoms with Gasteiger partial charge in [0.2, 0.25) is 6.29 Å². The predicted octanol–water partition coefficient (Wildman–Crippen LogP) is 0.877. The molecule has 0 saturated heterocycles. The molecule has 14 heavy (non-hydrogen) atoms. The lowest BCUT2D eigenvalue weighted by molar-refractivity contribution is 0.231. The number of nitrogens with zero attached hydrogens (tertiary/aromatic N) is 1. The minimum Gasteiger partial charge on any atom is -0.351 e. The highest BCUT2D eigenvalue weighted by molar-refractivity contribution is 5.82. The molecule has 0 spiro atoms. The third kappa shape index (κ3) is 2.32. The van der Waals surface area contributed by atoms with E-state index in [0.717, 1.165) is 5.57 Å². The molecule has 2 amide bonds. The van der Waals surface area contributed by atoms with Crippen molar-refractivity contribution in [2.75, 3.05) is 7.05 Å². The molecular weight excluding hydrogens is 180 g/mol. The molecular formula is C10H11N2O2. The van der Waals surface area contributed by atoms with E-state index in [0.29, 0.717) is 12.0 Å². The summed E-state index contributed by atoms with van der Waals surface area (Å²) >= 11 is 0. The highest BCUT2D eigenvalue weighted by Gasteiger charge is 2.09. The van der Waals surface area contributed by atoms with Crippen LogP contribution in [-0.2, 0) is 4.79 Å². The quantitative estimate of drug-likeness (QED) is 0.704. The molecule has 0 aromatic heterocycles. The SMILES string of the molecule is CN(C=C1CC=CC=C1[C]=O)C(N)=O. The van der Waals surface area contributed by atoms with Gasteiger partial charge >= 0.3 is 6.03 Å². The van der Waals surface area contributed by atoms with Crippen molar-refractivity contribution in [3.05, 3.63) is 35.6 Å². The van der Waals surface area contributed by atoms with Gasteiger partial charge in [0.1, 0.15) is 0 Å². The summed E-state index contributed by atoms with van der Waals surface area (Å²) in [5, 5.41) is 0. The van der Waals surface area contributed by atoms with Crippen molar-refractivity contribution in [3.63, 3.8) is 0 Å². The summed E-state index contributed by atoms with van der Waals surface area (Å²) < 4.78 is 0. The van der Waals surface area contributed by atoms with Crippen molar-refractivity contribution in [3.8, 4) is 0 Å². The lowest BCUT2D eigenvalue weighted by atomic mass is 10.0. The molecule has 73 valence electrons. The van der Waals surface area contributed by atoms with E-state index in [4.69, 9.17) is 5.73 Å². The molecule has 0 unspecified atom stereocenters. The molecule has 0 saturated carbocycles. The Hall–Kier alpha value is -1.84. The molecule has 0 fully saturated rings. The molecule has 0 aromatic rings. The van der Waals surface area contributed by atoms with E-state index in [2.05, 4.69) is 0 Å². The third-order valence-electron chi connectivity index (χ3n) is 1.89. The molecule has 1 aliphatic carbocycles. The lowest BCUT2D eigenvalue weighted by Crippen LogP contribution is -2.27. The van der Waals surface area contributed by atoms with Gasteiger partial charge in [0, 0.05) is 18.8 Å². The smallest absolute Gasteiger partial charge is 0.318 e. The van der Waals surface area contributed by atoms with Crippen LogP contribution in [0.2, 0.25) is 0 Å². The van der Waals surface area contributed by atoms with Crippen LogP contribution in [0, 0.1) is 0 Å². The fraction of sp³-hybridized carbons (Fsp3) is 0.200. The number of hydrogen-bond acceptors (Lipinski definition) is 2. The van der Waals surface area contributed by atoms with Gasteiger partial charge in [0.25, 0.3) is 0 Å². The minimum absolute atomic E-state index is 0.459. The third-order valence-corrected chi connectivity index (χ3v) is 1.89. The maximum atomic E-state index is 10.7. The molecule has 0 aliphatic heterocycles. The van der Waals surface area contributed by atoms with Gasteiger partial charge in [0.05, 0.1) is 0 Å². The summed E-state index contributed by atoms with van der Waals surface area (Å²) in [5.41, 5.74) is 6.24. The van der Waals surface area contributed by atoms with Gasteiger partial charge in [-0.2, -0.15) is 0 Å². The Labute approximate surface area is 82.4 Å². The van der Waals surface area contributed by atoms with Crippen LogP contribution in [0.3, 0.4) is 0 Å². The van der Waals surface area contributed by atoms with Crippen LogP contribution < -0.4 is 5.73 Å². The fourth-order valence-corrected chi connectivity index (χ4v) is 1.10. The molecule has 0 bridgehead atoms. The van der Waals surface area contributed by atoms with Gasteiger partial charge in [-0.1, -0.05) is 18.2 Å². The summed E-state index contributed by atoms with van der Waals surface area (Å²) in [6.07, 6.45) is 9.29. The number of allylic oxidation sites excluding steroid dienone is 5. The Kier molecular flexibility index (Phi) is 3.23. The van der Waals surface area contributed by atoms with Crippen LogP contribution in [0.25, 0.3) is 0 Å². The van der Waals surface area contributed by atoms with Crippen LogP contribution in [0.15, 0.2) is 35.6 Å². The van der Waals surface area contributed by atoms with E-state index in [9.17, 15) is 9.59 Å². The molecule has 0 atom stereocenters. The Morgan fingerprint density at radius 2 is 2.43 bits per heavy atom. The number of nitrogens with two attached hydrogens (primary N) is 1. The second-order valence-electron chi connectivity index (χ2n) is 2.92. The van der Waals surface area contributed by atoms with Gasteiger partial charge in [-0.05, 0) is 12.0 Å². The standard InChI is InChI=1S/C10H11N2O2/c1-12(10(11)14)6-8-4-2-3-5-9(8)7-13/h2-3,5-6H,4H2,1H3,(H2,11,14). The molecule has 4 nitrogen and oxygen atoms in total. The van der Waals surface area contributed by atoms with E-state index in [1.165, 1.54) is 11.9 Å². The first kappa shape index (κ1) is 10.2.